The first-order valence-corrected chi connectivity index (χ1v) is 6.93. The van der Waals surface area contributed by atoms with Gasteiger partial charge < -0.3 is 4.74 Å². The molecule has 5 nitrogen and oxygen atoms in total. The molecule has 0 fully saturated rings. The van der Waals surface area contributed by atoms with Crippen molar-refractivity contribution in [2.75, 3.05) is 6.61 Å². The quantitative estimate of drug-likeness (QED) is 0.792. The maximum absolute atomic E-state index is 12.1. The molecule has 2 rings (SSSR count). The van der Waals surface area contributed by atoms with E-state index in [1.54, 1.807) is 0 Å². The van der Waals surface area contributed by atoms with E-state index in [4.69, 9.17) is 4.74 Å². The molecule has 1 aromatic carbocycles. The monoisotopic (exact) mass is 286 g/mol. The Balaban J connectivity index is 2.67. The molecular formula is C16H18N2O3. The number of Topliss-reactive ketones (excluding diaryl/α,β-unsaturated/α-hetero) is 1. The van der Waals surface area contributed by atoms with Gasteiger partial charge in [0.05, 0.1) is 17.9 Å². The van der Waals surface area contributed by atoms with E-state index in [-0.39, 0.29) is 16.9 Å². The fourth-order valence-corrected chi connectivity index (χ4v) is 2.10. The zero-order valence-corrected chi connectivity index (χ0v) is 12.4. The summed E-state index contributed by atoms with van der Waals surface area (Å²) in [4.78, 5) is 23.7. The van der Waals surface area contributed by atoms with Crippen LogP contribution in [0, 0.1) is 0 Å². The van der Waals surface area contributed by atoms with Gasteiger partial charge in [-0.1, -0.05) is 12.1 Å². The first-order chi connectivity index (χ1) is 10.1. The molecule has 0 aliphatic rings. The third-order valence-electron chi connectivity index (χ3n) is 3.12. The maximum atomic E-state index is 12.1. The van der Waals surface area contributed by atoms with E-state index in [1.807, 2.05) is 38.1 Å². The minimum atomic E-state index is -0.359. The van der Waals surface area contributed by atoms with Gasteiger partial charge in [0.2, 0.25) is 0 Å². The van der Waals surface area contributed by atoms with Gasteiger partial charge >= 0.3 is 0 Å². The van der Waals surface area contributed by atoms with Crippen LogP contribution in [-0.4, -0.2) is 22.2 Å². The highest BCUT2D eigenvalue weighted by atomic mass is 16.5. The topological polar surface area (TPSA) is 61.2 Å². The summed E-state index contributed by atoms with van der Waals surface area (Å²) in [6, 6.07) is 8.98. The van der Waals surface area contributed by atoms with Gasteiger partial charge in [-0.3, -0.25) is 9.59 Å². The number of aryl methyl sites for hydroxylation is 1. The number of aromatic nitrogens is 2. The molecule has 0 aliphatic heterocycles. The number of nitrogens with zero attached hydrogens (tertiary/aromatic N) is 2. The molecule has 2 aromatic rings. The summed E-state index contributed by atoms with van der Waals surface area (Å²) < 4.78 is 6.88. The molecule has 0 amide bonds. The molecule has 0 aliphatic carbocycles. The largest absolute Gasteiger partial charge is 0.493 e. The first-order valence-electron chi connectivity index (χ1n) is 6.93. The highest BCUT2D eigenvalue weighted by Crippen LogP contribution is 2.28. The van der Waals surface area contributed by atoms with E-state index in [0.29, 0.717) is 24.6 Å². The molecule has 0 radical (unpaired) electrons. The van der Waals surface area contributed by atoms with Gasteiger partial charge in [-0.25, -0.2) is 4.68 Å². The summed E-state index contributed by atoms with van der Waals surface area (Å²) in [5.74, 6) is 0.419. The molecule has 21 heavy (non-hydrogen) atoms. The van der Waals surface area contributed by atoms with Crippen LogP contribution in [-0.2, 0) is 6.54 Å². The molecule has 0 N–H and O–H groups in total. The number of ether oxygens (including phenoxy) is 1. The lowest BCUT2D eigenvalue weighted by molar-refractivity contribution is 0.101. The second-order valence-electron chi connectivity index (χ2n) is 4.55. The number of carbonyl (C=O) groups excluding carboxylic acids is 1. The molecule has 0 saturated heterocycles. The van der Waals surface area contributed by atoms with Crippen LogP contribution >= 0.6 is 0 Å². The number of para-hydroxylation sites is 1. The summed E-state index contributed by atoms with van der Waals surface area (Å²) in [7, 11) is 0. The van der Waals surface area contributed by atoms with E-state index < -0.39 is 0 Å². The van der Waals surface area contributed by atoms with Crippen molar-refractivity contribution in [3.8, 4) is 17.0 Å². The Labute approximate surface area is 123 Å². The second kappa shape index (κ2) is 6.35. The number of rotatable bonds is 5. The van der Waals surface area contributed by atoms with Gasteiger partial charge in [0.15, 0.2) is 5.78 Å². The number of benzene rings is 1. The molecular weight excluding hydrogens is 268 g/mol. The summed E-state index contributed by atoms with van der Waals surface area (Å²) in [5, 5.41) is 4.32. The third-order valence-corrected chi connectivity index (χ3v) is 3.12. The van der Waals surface area contributed by atoms with Gasteiger partial charge in [0, 0.05) is 12.1 Å². The Morgan fingerprint density at radius 2 is 2.00 bits per heavy atom. The summed E-state index contributed by atoms with van der Waals surface area (Å²) in [6.45, 7) is 6.04. The van der Waals surface area contributed by atoms with Gasteiger partial charge in [0.25, 0.3) is 5.56 Å². The van der Waals surface area contributed by atoms with Crippen molar-refractivity contribution in [2.45, 2.75) is 27.3 Å². The number of ketones is 1. The van der Waals surface area contributed by atoms with Crippen LogP contribution < -0.4 is 10.3 Å². The number of hydrogen-bond acceptors (Lipinski definition) is 4. The molecule has 0 atom stereocenters. The SMILES string of the molecule is CCOc1ccccc1-c1cc(C(C)=O)c(=O)n(CC)n1. The van der Waals surface area contributed by atoms with Gasteiger partial charge in [0.1, 0.15) is 5.75 Å². The van der Waals surface area contributed by atoms with Crippen molar-refractivity contribution < 1.29 is 9.53 Å². The Morgan fingerprint density at radius 3 is 2.62 bits per heavy atom. The molecule has 5 heteroatoms. The van der Waals surface area contributed by atoms with Crippen LogP contribution in [0.1, 0.15) is 31.1 Å². The van der Waals surface area contributed by atoms with E-state index in [9.17, 15) is 9.59 Å². The second-order valence-corrected chi connectivity index (χ2v) is 4.55. The van der Waals surface area contributed by atoms with Gasteiger partial charge in [-0.2, -0.15) is 5.10 Å². The molecule has 1 heterocycles. The van der Waals surface area contributed by atoms with E-state index >= 15 is 0 Å². The summed E-state index contributed by atoms with van der Waals surface area (Å²) in [6.07, 6.45) is 0. The molecule has 0 saturated carbocycles. The van der Waals surface area contributed by atoms with Gasteiger partial charge in [-0.15, -0.1) is 0 Å². The Bertz CT molecular complexity index is 720. The molecule has 0 spiro atoms. The van der Waals surface area contributed by atoms with Crippen molar-refractivity contribution >= 4 is 5.78 Å². The number of hydrogen-bond donors (Lipinski definition) is 0. The maximum Gasteiger partial charge on any atom is 0.277 e. The number of carbonyl (C=O) groups is 1. The lowest BCUT2D eigenvalue weighted by atomic mass is 10.1. The average Bonchev–Trinajstić information content (AvgIpc) is 2.48. The van der Waals surface area contributed by atoms with Crippen molar-refractivity contribution in [1.82, 2.24) is 9.78 Å². The summed E-state index contributed by atoms with van der Waals surface area (Å²) >= 11 is 0. The van der Waals surface area contributed by atoms with Crippen LogP contribution in [0.5, 0.6) is 5.75 Å². The fourth-order valence-electron chi connectivity index (χ4n) is 2.10. The molecule has 110 valence electrons. The normalized spacial score (nSPS) is 10.4. The minimum Gasteiger partial charge on any atom is -0.493 e. The van der Waals surface area contributed by atoms with Crippen molar-refractivity contribution in [1.29, 1.82) is 0 Å². The Morgan fingerprint density at radius 1 is 1.29 bits per heavy atom. The smallest absolute Gasteiger partial charge is 0.277 e. The minimum absolute atomic E-state index is 0.146. The lowest BCUT2D eigenvalue weighted by Crippen LogP contribution is -2.27. The van der Waals surface area contributed by atoms with Gasteiger partial charge in [-0.05, 0) is 39.0 Å². The zero-order valence-electron chi connectivity index (χ0n) is 12.4. The predicted molar refractivity (Wildman–Crippen MR) is 80.8 cm³/mol. The summed E-state index contributed by atoms with van der Waals surface area (Å²) in [5.41, 5.74) is 1.12. The fraction of sp³-hybridized carbons (Fsp3) is 0.312. The van der Waals surface area contributed by atoms with E-state index in [2.05, 4.69) is 5.10 Å². The highest BCUT2D eigenvalue weighted by Gasteiger charge is 2.14. The van der Waals surface area contributed by atoms with Crippen LogP contribution in [0.25, 0.3) is 11.3 Å². The molecule has 0 unspecified atom stereocenters. The Kier molecular flexibility index (Phi) is 4.52. The molecule has 0 bridgehead atoms. The third kappa shape index (κ3) is 3.02. The van der Waals surface area contributed by atoms with E-state index in [1.165, 1.54) is 17.7 Å². The van der Waals surface area contributed by atoms with Crippen molar-refractivity contribution in [3.05, 3.63) is 46.2 Å². The van der Waals surface area contributed by atoms with Crippen LogP contribution in [0.4, 0.5) is 0 Å². The van der Waals surface area contributed by atoms with Crippen molar-refractivity contribution in [2.24, 2.45) is 0 Å². The lowest BCUT2D eigenvalue weighted by Gasteiger charge is -2.11. The Hall–Kier alpha value is -2.43. The van der Waals surface area contributed by atoms with Crippen molar-refractivity contribution in [3.63, 3.8) is 0 Å². The highest BCUT2D eigenvalue weighted by molar-refractivity contribution is 5.94. The van der Waals surface area contributed by atoms with Crippen LogP contribution in [0.2, 0.25) is 0 Å². The van der Waals surface area contributed by atoms with Crippen LogP contribution in [0.15, 0.2) is 35.1 Å². The zero-order chi connectivity index (χ0) is 15.4. The van der Waals surface area contributed by atoms with E-state index in [0.717, 1.165) is 5.56 Å². The average molecular weight is 286 g/mol. The van der Waals surface area contributed by atoms with Crippen LogP contribution in [0.3, 0.4) is 0 Å². The molecule has 1 aromatic heterocycles. The predicted octanol–water partition coefficient (Wildman–Crippen LogP) is 2.53. The first kappa shape index (κ1) is 15.0. The standard InChI is InChI=1S/C16H18N2O3/c1-4-18-16(20)13(11(3)19)10-14(17-18)12-8-6-7-9-15(12)21-5-2/h6-10H,4-5H2,1-3H3.